The quantitative estimate of drug-likeness (QED) is 0.866. The molecule has 20 heavy (non-hydrogen) atoms. The van der Waals surface area contributed by atoms with E-state index in [-0.39, 0.29) is 12.1 Å². The van der Waals surface area contributed by atoms with Gasteiger partial charge in [0.25, 0.3) is 0 Å². The lowest BCUT2D eigenvalue weighted by Gasteiger charge is -2.31. The zero-order chi connectivity index (χ0) is 14.4. The molecule has 2 atom stereocenters. The molecule has 2 N–H and O–H groups in total. The Kier molecular flexibility index (Phi) is 5.83. The summed E-state index contributed by atoms with van der Waals surface area (Å²) < 4.78 is 11.5. The van der Waals surface area contributed by atoms with Crippen LogP contribution in [0.25, 0.3) is 0 Å². The van der Waals surface area contributed by atoms with E-state index >= 15 is 0 Å². The minimum absolute atomic E-state index is 0.115. The van der Waals surface area contributed by atoms with Gasteiger partial charge in [-0.15, -0.1) is 0 Å². The predicted molar refractivity (Wildman–Crippen MR) is 81.0 cm³/mol. The van der Waals surface area contributed by atoms with E-state index in [2.05, 4.69) is 18.7 Å². The van der Waals surface area contributed by atoms with Gasteiger partial charge in [0.2, 0.25) is 0 Å². The van der Waals surface area contributed by atoms with Crippen LogP contribution in [0.3, 0.4) is 0 Å². The van der Waals surface area contributed by atoms with Gasteiger partial charge in [-0.1, -0.05) is 26.0 Å². The topological polar surface area (TPSA) is 47.7 Å². The van der Waals surface area contributed by atoms with Gasteiger partial charge in [0.1, 0.15) is 18.5 Å². The van der Waals surface area contributed by atoms with Crippen molar-refractivity contribution in [3.63, 3.8) is 0 Å². The van der Waals surface area contributed by atoms with Crippen LogP contribution in [-0.2, 0) is 4.74 Å². The normalized spacial score (nSPS) is 21.6. The summed E-state index contributed by atoms with van der Waals surface area (Å²) in [4.78, 5) is 2.39. The molecule has 0 radical (unpaired) electrons. The number of morpholine rings is 1. The molecule has 1 aliphatic rings. The van der Waals surface area contributed by atoms with Crippen LogP contribution in [-0.4, -0.2) is 43.9 Å². The molecule has 1 fully saturated rings. The number of nitrogens with two attached hydrogens (primary N) is 1. The Bertz CT molecular complexity index is 394. The van der Waals surface area contributed by atoms with Gasteiger partial charge in [0, 0.05) is 19.1 Å². The maximum atomic E-state index is 6.00. The molecule has 0 aliphatic carbocycles. The third kappa shape index (κ3) is 4.20. The first-order valence-electron chi connectivity index (χ1n) is 7.55. The summed E-state index contributed by atoms with van der Waals surface area (Å²) >= 11 is 0. The van der Waals surface area contributed by atoms with Crippen molar-refractivity contribution in [1.29, 1.82) is 0 Å². The molecule has 0 aromatic heterocycles. The molecule has 1 heterocycles. The third-order valence-corrected chi connectivity index (χ3v) is 3.85. The molecule has 0 bridgehead atoms. The molecule has 0 amide bonds. The minimum atomic E-state index is 0.115. The summed E-state index contributed by atoms with van der Waals surface area (Å²) in [6, 6.07) is 8.19. The summed E-state index contributed by atoms with van der Waals surface area (Å²) in [5.41, 5.74) is 7.16. The SMILES string of the molecule is CC[C@@H](N)c1ccc(OCC2CN(CC)CCO2)cc1. The molecule has 1 unspecified atom stereocenters. The number of hydrogen-bond donors (Lipinski definition) is 1. The molecule has 112 valence electrons. The van der Waals surface area contributed by atoms with Crippen molar-refractivity contribution in [3.8, 4) is 5.75 Å². The monoisotopic (exact) mass is 278 g/mol. The molecular weight excluding hydrogens is 252 g/mol. The Morgan fingerprint density at radius 2 is 2.10 bits per heavy atom. The van der Waals surface area contributed by atoms with Gasteiger partial charge >= 0.3 is 0 Å². The third-order valence-electron chi connectivity index (χ3n) is 3.85. The maximum Gasteiger partial charge on any atom is 0.119 e. The van der Waals surface area contributed by atoms with E-state index in [0.717, 1.165) is 44.0 Å². The van der Waals surface area contributed by atoms with Crippen LogP contribution < -0.4 is 10.5 Å². The highest BCUT2D eigenvalue weighted by Crippen LogP contribution is 2.18. The lowest BCUT2D eigenvalue weighted by Crippen LogP contribution is -2.44. The Balaban J connectivity index is 1.81. The van der Waals surface area contributed by atoms with Crippen molar-refractivity contribution in [2.75, 3.05) is 32.8 Å². The second-order valence-electron chi connectivity index (χ2n) is 5.28. The second-order valence-corrected chi connectivity index (χ2v) is 5.28. The smallest absolute Gasteiger partial charge is 0.119 e. The van der Waals surface area contributed by atoms with Gasteiger partial charge in [-0.25, -0.2) is 0 Å². The van der Waals surface area contributed by atoms with E-state index in [1.54, 1.807) is 0 Å². The van der Waals surface area contributed by atoms with Crippen molar-refractivity contribution >= 4 is 0 Å². The van der Waals surface area contributed by atoms with Crippen molar-refractivity contribution < 1.29 is 9.47 Å². The van der Waals surface area contributed by atoms with Crippen LogP contribution >= 0.6 is 0 Å². The summed E-state index contributed by atoms with van der Waals surface area (Å²) in [5, 5.41) is 0. The highest BCUT2D eigenvalue weighted by molar-refractivity contribution is 5.29. The van der Waals surface area contributed by atoms with Crippen molar-refractivity contribution in [1.82, 2.24) is 4.90 Å². The zero-order valence-corrected chi connectivity index (χ0v) is 12.5. The standard InChI is InChI=1S/C16H26N2O2/c1-3-16(17)13-5-7-14(8-6-13)20-12-15-11-18(4-2)9-10-19-15/h5-8,15-16H,3-4,9-12,17H2,1-2H3/t15?,16-/m1/s1. The lowest BCUT2D eigenvalue weighted by atomic mass is 10.1. The average Bonchev–Trinajstić information content (AvgIpc) is 2.53. The molecule has 0 saturated carbocycles. The van der Waals surface area contributed by atoms with E-state index in [1.165, 1.54) is 0 Å². The van der Waals surface area contributed by atoms with Crippen LogP contribution in [0.5, 0.6) is 5.75 Å². The number of likely N-dealkylation sites (N-methyl/N-ethyl adjacent to an activating group) is 1. The van der Waals surface area contributed by atoms with Crippen LogP contribution in [0.1, 0.15) is 31.9 Å². The van der Waals surface area contributed by atoms with E-state index in [4.69, 9.17) is 15.2 Å². The predicted octanol–water partition coefficient (Wildman–Crippen LogP) is 2.20. The molecule has 0 spiro atoms. The molecule has 1 aliphatic heterocycles. The average molecular weight is 278 g/mol. The zero-order valence-electron chi connectivity index (χ0n) is 12.5. The van der Waals surface area contributed by atoms with Gasteiger partial charge in [0.15, 0.2) is 0 Å². The van der Waals surface area contributed by atoms with Gasteiger partial charge in [-0.3, -0.25) is 4.90 Å². The van der Waals surface area contributed by atoms with Crippen LogP contribution in [0.2, 0.25) is 0 Å². The fourth-order valence-corrected chi connectivity index (χ4v) is 2.40. The first-order chi connectivity index (χ1) is 9.72. The van der Waals surface area contributed by atoms with E-state index in [9.17, 15) is 0 Å². The fraction of sp³-hybridized carbons (Fsp3) is 0.625. The Hall–Kier alpha value is -1.10. The number of hydrogen-bond acceptors (Lipinski definition) is 4. The van der Waals surface area contributed by atoms with E-state index < -0.39 is 0 Å². The molecular formula is C16H26N2O2. The summed E-state index contributed by atoms with van der Waals surface area (Å²) in [7, 11) is 0. The second kappa shape index (κ2) is 7.62. The molecule has 2 rings (SSSR count). The number of benzene rings is 1. The summed E-state index contributed by atoms with van der Waals surface area (Å²) in [5.74, 6) is 0.884. The summed E-state index contributed by atoms with van der Waals surface area (Å²) in [6.45, 7) is 8.73. The molecule has 4 heteroatoms. The minimum Gasteiger partial charge on any atom is -0.491 e. The molecule has 1 aromatic carbocycles. The van der Waals surface area contributed by atoms with E-state index in [1.807, 2.05) is 24.3 Å². The maximum absolute atomic E-state index is 6.00. The first-order valence-corrected chi connectivity index (χ1v) is 7.55. The lowest BCUT2D eigenvalue weighted by molar-refractivity contribution is -0.0464. The van der Waals surface area contributed by atoms with Gasteiger partial charge < -0.3 is 15.2 Å². The van der Waals surface area contributed by atoms with Crippen LogP contribution in [0, 0.1) is 0 Å². The van der Waals surface area contributed by atoms with E-state index in [0.29, 0.717) is 6.61 Å². The number of nitrogens with zero attached hydrogens (tertiary/aromatic N) is 1. The molecule has 4 nitrogen and oxygen atoms in total. The van der Waals surface area contributed by atoms with Gasteiger partial charge in [0.05, 0.1) is 6.61 Å². The summed E-state index contributed by atoms with van der Waals surface area (Å²) in [6.07, 6.45) is 1.12. The highest BCUT2D eigenvalue weighted by atomic mass is 16.5. The number of ether oxygens (including phenoxy) is 2. The van der Waals surface area contributed by atoms with Gasteiger partial charge in [-0.2, -0.15) is 0 Å². The fourth-order valence-electron chi connectivity index (χ4n) is 2.40. The highest BCUT2D eigenvalue weighted by Gasteiger charge is 2.19. The van der Waals surface area contributed by atoms with Crippen molar-refractivity contribution in [3.05, 3.63) is 29.8 Å². The largest absolute Gasteiger partial charge is 0.491 e. The Morgan fingerprint density at radius 3 is 2.75 bits per heavy atom. The van der Waals surface area contributed by atoms with Gasteiger partial charge in [-0.05, 0) is 30.7 Å². The first kappa shape index (κ1) is 15.3. The molecule has 1 saturated heterocycles. The Labute approximate surface area is 121 Å². The number of rotatable bonds is 6. The van der Waals surface area contributed by atoms with Crippen LogP contribution in [0.4, 0.5) is 0 Å². The van der Waals surface area contributed by atoms with Crippen molar-refractivity contribution in [2.45, 2.75) is 32.4 Å². The molecule has 1 aromatic rings. The Morgan fingerprint density at radius 1 is 1.35 bits per heavy atom. The van der Waals surface area contributed by atoms with Crippen molar-refractivity contribution in [2.24, 2.45) is 5.73 Å². The van der Waals surface area contributed by atoms with Crippen LogP contribution in [0.15, 0.2) is 24.3 Å².